The van der Waals surface area contributed by atoms with E-state index in [9.17, 15) is 37.6 Å². The lowest BCUT2D eigenvalue weighted by Crippen LogP contribution is -2.87. The number of nitrogens with two attached hydrogens (primary N) is 1. The lowest BCUT2D eigenvalue weighted by Gasteiger charge is -2.38. The van der Waals surface area contributed by atoms with Gasteiger partial charge >= 0.3 is 18.0 Å². The number of piperidine rings is 2. The Bertz CT molecular complexity index is 2260. The molecule has 2 saturated heterocycles. The van der Waals surface area contributed by atoms with Crippen LogP contribution in [0.2, 0.25) is 0 Å². The number of carboxylic acid groups (broad SMARTS) is 2. The fourth-order valence-corrected chi connectivity index (χ4v) is 8.66. The van der Waals surface area contributed by atoms with E-state index in [1.165, 1.54) is 34.4 Å². The number of hydrogen-bond donors (Lipinski definition) is 3. The molecule has 0 atom stereocenters. The third-order valence-electron chi connectivity index (χ3n) is 11.5. The van der Waals surface area contributed by atoms with E-state index in [1.807, 2.05) is 91.9 Å². The van der Waals surface area contributed by atoms with E-state index in [2.05, 4.69) is 29.6 Å². The normalized spacial score (nSPS) is 16.6. The molecule has 8 rings (SSSR count). The molecular formula is C46H48N2O9S. The van der Waals surface area contributed by atoms with Crippen LogP contribution < -0.4 is 5.32 Å². The maximum absolute atomic E-state index is 12.9. The fourth-order valence-electron chi connectivity index (χ4n) is 8.19. The SMILES string of the molecule is Cc1ccc(S(=O)(=O)[O-])cc1.O=C(O)C1(c2ccccc2)CC[NH2+]CC1.O=C(OCC1c2ccccc2-c2ccccc21)N1CCC(C(=O)O)(c2ccccc2)CC1. The van der Waals surface area contributed by atoms with E-state index in [1.54, 1.807) is 17.0 Å². The van der Waals surface area contributed by atoms with Gasteiger partial charge in [-0.3, -0.25) is 9.59 Å². The number of likely N-dealkylation sites (tertiary alicyclic amines) is 1. The number of fused-ring (bicyclic) bond motifs is 3. The Morgan fingerprint density at radius 1 is 0.672 bits per heavy atom. The fraction of sp³-hybridized carbons (Fsp3) is 0.283. The summed E-state index contributed by atoms with van der Waals surface area (Å²) < 4.78 is 36.9. The molecule has 3 aliphatic rings. The summed E-state index contributed by atoms with van der Waals surface area (Å²) in [5, 5.41) is 21.6. The highest BCUT2D eigenvalue weighted by Gasteiger charge is 2.45. The number of aliphatic carboxylic acids is 2. The Balaban J connectivity index is 0.000000179. The van der Waals surface area contributed by atoms with E-state index in [0.717, 1.165) is 42.6 Å². The van der Waals surface area contributed by atoms with Crippen molar-refractivity contribution < 1.29 is 47.6 Å². The Kier molecular flexibility index (Phi) is 13.1. The number of rotatable bonds is 7. The molecule has 0 unspecified atom stereocenters. The van der Waals surface area contributed by atoms with Crippen molar-refractivity contribution in [2.75, 3.05) is 32.8 Å². The van der Waals surface area contributed by atoms with Crippen molar-refractivity contribution in [2.45, 2.75) is 54.3 Å². The van der Waals surface area contributed by atoms with Gasteiger partial charge in [-0.1, -0.05) is 127 Å². The van der Waals surface area contributed by atoms with Crippen LogP contribution in [0, 0.1) is 6.92 Å². The molecule has 5 aromatic carbocycles. The van der Waals surface area contributed by atoms with Crippen LogP contribution in [-0.4, -0.2) is 78.9 Å². The summed E-state index contributed by atoms with van der Waals surface area (Å²) in [5.41, 5.74) is 5.80. The second-order valence-corrected chi connectivity index (χ2v) is 16.3. The van der Waals surface area contributed by atoms with Crippen molar-refractivity contribution in [3.63, 3.8) is 0 Å². The molecule has 5 aromatic rings. The maximum atomic E-state index is 12.9. The van der Waals surface area contributed by atoms with Gasteiger partial charge in [0.2, 0.25) is 0 Å². The molecular weight excluding hydrogens is 757 g/mol. The number of benzene rings is 5. The van der Waals surface area contributed by atoms with Crippen LogP contribution in [0.4, 0.5) is 4.79 Å². The highest BCUT2D eigenvalue weighted by Crippen LogP contribution is 2.45. The van der Waals surface area contributed by atoms with Crippen molar-refractivity contribution in [1.82, 2.24) is 4.90 Å². The maximum Gasteiger partial charge on any atom is 0.409 e. The summed E-state index contributed by atoms with van der Waals surface area (Å²) in [4.78, 5) is 37.9. The van der Waals surface area contributed by atoms with Gasteiger partial charge in [-0.05, 0) is 65.3 Å². The Morgan fingerprint density at radius 2 is 1.10 bits per heavy atom. The first kappa shape index (κ1) is 41.8. The van der Waals surface area contributed by atoms with Crippen LogP contribution in [0.15, 0.2) is 138 Å². The molecule has 2 aliphatic heterocycles. The first-order valence-corrected chi connectivity index (χ1v) is 20.8. The van der Waals surface area contributed by atoms with Gasteiger partial charge < -0.3 is 29.7 Å². The Labute approximate surface area is 339 Å². The smallest absolute Gasteiger partial charge is 0.409 e. The predicted molar refractivity (Wildman–Crippen MR) is 217 cm³/mol. The zero-order valence-electron chi connectivity index (χ0n) is 32.3. The van der Waals surface area contributed by atoms with Crippen molar-refractivity contribution in [2.24, 2.45) is 0 Å². The first-order chi connectivity index (χ1) is 27.9. The van der Waals surface area contributed by atoms with Crippen molar-refractivity contribution in [3.05, 3.63) is 161 Å². The van der Waals surface area contributed by atoms with Crippen LogP contribution in [0.1, 0.15) is 59.4 Å². The van der Waals surface area contributed by atoms with Gasteiger partial charge in [0, 0.05) is 31.8 Å². The molecule has 1 aliphatic carbocycles. The highest BCUT2D eigenvalue weighted by molar-refractivity contribution is 7.85. The van der Waals surface area contributed by atoms with E-state index in [-0.39, 0.29) is 23.5 Å². The van der Waals surface area contributed by atoms with Gasteiger partial charge in [-0.25, -0.2) is 13.2 Å². The second-order valence-electron chi connectivity index (χ2n) is 14.9. The quantitative estimate of drug-likeness (QED) is 0.159. The average Bonchev–Trinajstić information content (AvgIpc) is 3.57. The number of carbonyl (C=O) groups excluding carboxylic acids is 1. The van der Waals surface area contributed by atoms with Gasteiger partial charge in [0.15, 0.2) is 0 Å². The molecule has 1 amide bonds. The minimum Gasteiger partial charge on any atom is -0.744 e. The second kappa shape index (κ2) is 18.2. The topological polar surface area (TPSA) is 178 Å². The van der Waals surface area contributed by atoms with E-state index in [0.29, 0.717) is 25.9 Å². The van der Waals surface area contributed by atoms with Crippen LogP contribution in [-0.2, 0) is 35.3 Å². The average molecular weight is 805 g/mol. The van der Waals surface area contributed by atoms with Crippen LogP contribution >= 0.6 is 0 Å². The predicted octanol–water partition coefficient (Wildman–Crippen LogP) is 6.32. The van der Waals surface area contributed by atoms with Crippen molar-refractivity contribution in [1.29, 1.82) is 0 Å². The number of ether oxygens (including phenoxy) is 1. The lowest BCUT2D eigenvalue weighted by atomic mass is 9.73. The molecule has 0 aromatic heterocycles. The monoisotopic (exact) mass is 804 g/mol. The molecule has 0 saturated carbocycles. The number of quaternary nitrogens is 1. The molecule has 0 spiro atoms. The molecule has 12 heteroatoms. The molecule has 2 heterocycles. The summed E-state index contributed by atoms with van der Waals surface area (Å²) in [6, 6.07) is 41.2. The number of carbonyl (C=O) groups is 3. The largest absolute Gasteiger partial charge is 0.744 e. The third kappa shape index (κ3) is 9.15. The van der Waals surface area contributed by atoms with Gasteiger partial charge in [0.25, 0.3) is 0 Å². The summed E-state index contributed by atoms with van der Waals surface area (Å²) in [6.45, 7) is 4.62. The number of hydrogen-bond acceptors (Lipinski definition) is 7. The van der Waals surface area contributed by atoms with Crippen LogP contribution in [0.5, 0.6) is 0 Å². The van der Waals surface area contributed by atoms with Crippen LogP contribution in [0.25, 0.3) is 11.1 Å². The summed E-state index contributed by atoms with van der Waals surface area (Å²) in [6.07, 6.45) is 1.82. The summed E-state index contributed by atoms with van der Waals surface area (Å²) in [5.74, 6) is -1.50. The zero-order chi connectivity index (χ0) is 41.3. The Hall–Kier alpha value is -5.82. The molecule has 302 valence electrons. The number of aryl methyl sites for hydroxylation is 1. The molecule has 4 N–H and O–H groups in total. The summed E-state index contributed by atoms with van der Waals surface area (Å²) in [7, 11) is -4.27. The number of nitrogens with zero attached hydrogens (tertiary/aromatic N) is 1. The first-order valence-electron chi connectivity index (χ1n) is 19.4. The highest BCUT2D eigenvalue weighted by atomic mass is 32.2. The van der Waals surface area contributed by atoms with Crippen LogP contribution in [0.3, 0.4) is 0 Å². The molecule has 58 heavy (non-hydrogen) atoms. The van der Waals surface area contributed by atoms with E-state index < -0.39 is 32.9 Å². The number of amides is 1. The van der Waals surface area contributed by atoms with Gasteiger partial charge in [0.1, 0.15) is 22.1 Å². The van der Waals surface area contributed by atoms with Crippen molar-refractivity contribution in [3.8, 4) is 11.1 Å². The van der Waals surface area contributed by atoms with E-state index >= 15 is 0 Å². The standard InChI is InChI=1S/C27H25NO4.C12H15NO2.C7H8O3S/c29-25(30)27(19-8-2-1-3-9-19)14-16-28(17-15-27)26(31)32-18-24-22-12-6-4-10-20(22)21-11-5-7-13-23(21)24;14-11(15)12(6-8-13-9-7-12)10-4-2-1-3-5-10;1-6-2-4-7(5-3-6)11(8,9)10/h1-13,24H,14-18H2,(H,29,30);1-5,13H,6-9H2,(H,14,15);2-5H,1H3,(H,8,9,10). The summed E-state index contributed by atoms with van der Waals surface area (Å²) >= 11 is 0. The minimum atomic E-state index is -4.27. The molecule has 2 fully saturated rings. The molecule has 0 bridgehead atoms. The van der Waals surface area contributed by atoms with E-state index in [4.69, 9.17) is 4.74 Å². The minimum absolute atomic E-state index is 0.0126. The van der Waals surface area contributed by atoms with Crippen molar-refractivity contribution >= 4 is 28.1 Å². The molecule has 0 radical (unpaired) electrons. The third-order valence-corrected chi connectivity index (χ3v) is 12.4. The lowest BCUT2D eigenvalue weighted by molar-refractivity contribution is -0.664. The number of carboxylic acids is 2. The van der Waals surface area contributed by atoms with Gasteiger partial charge in [0.05, 0.1) is 23.4 Å². The Morgan fingerprint density at radius 3 is 1.55 bits per heavy atom. The van der Waals surface area contributed by atoms with Gasteiger partial charge in [-0.15, -0.1) is 0 Å². The molecule has 11 nitrogen and oxygen atoms in total. The van der Waals surface area contributed by atoms with Gasteiger partial charge in [-0.2, -0.15) is 0 Å². The zero-order valence-corrected chi connectivity index (χ0v) is 33.1.